The van der Waals surface area contributed by atoms with Crippen LogP contribution in [0.1, 0.15) is 29.1 Å². The molecule has 1 aliphatic carbocycles. The van der Waals surface area contributed by atoms with Crippen LogP contribution >= 0.6 is 0 Å². The Kier molecular flexibility index (Phi) is 5.53. The molecule has 162 valence electrons. The van der Waals surface area contributed by atoms with Crippen molar-refractivity contribution < 1.29 is 18.3 Å². The van der Waals surface area contributed by atoms with Crippen molar-refractivity contribution in [1.29, 1.82) is 5.26 Å². The molecule has 2 aromatic heterocycles. The maximum absolute atomic E-state index is 14.0. The van der Waals surface area contributed by atoms with Crippen LogP contribution in [0.3, 0.4) is 0 Å². The Balaban J connectivity index is 1.58. The van der Waals surface area contributed by atoms with Gasteiger partial charge in [0.2, 0.25) is 5.91 Å². The van der Waals surface area contributed by atoms with Gasteiger partial charge < -0.3 is 10.1 Å². The van der Waals surface area contributed by atoms with Gasteiger partial charge in [-0.25, -0.2) is 23.7 Å². The van der Waals surface area contributed by atoms with Crippen LogP contribution in [0.25, 0.3) is 0 Å². The number of nitriles is 1. The van der Waals surface area contributed by atoms with Crippen LogP contribution in [-0.4, -0.2) is 27.5 Å². The number of nitrogens with zero attached hydrogens (tertiary/aromatic N) is 4. The number of aryl methyl sites for hydroxylation is 2. The van der Waals surface area contributed by atoms with Gasteiger partial charge in [-0.05, 0) is 50.1 Å². The van der Waals surface area contributed by atoms with Crippen LogP contribution in [0, 0.1) is 42.7 Å². The molecule has 1 aromatic carbocycles. The molecule has 3 aromatic rings. The smallest absolute Gasteiger partial charge is 0.229 e. The maximum Gasteiger partial charge on any atom is 0.229 e. The van der Waals surface area contributed by atoms with Crippen LogP contribution in [0.15, 0.2) is 42.7 Å². The molecule has 0 spiro atoms. The van der Waals surface area contributed by atoms with E-state index < -0.39 is 23.0 Å². The molecule has 9 heteroatoms. The fourth-order valence-electron chi connectivity index (χ4n) is 3.68. The third-order valence-electron chi connectivity index (χ3n) is 5.57. The molecule has 0 aliphatic heterocycles. The summed E-state index contributed by atoms with van der Waals surface area (Å²) in [6.45, 7) is 3.60. The number of carbonyl (C=O) groups is 1. The van der Waals surface area contributed by atoms with Gasteiger partial charge in [0.1, 0.15) is 17.7 Å². The number of aromatic nitrogens is 3. The fraction of sp³-hybridized carbons (Fsp3) is 0.261. The summed E-state index contributed by atoms with van der Waals surface area (Å²) in [7, 11) is 0. The molecule has 1 aliphatic rings. The molecule has 32 heavy (non-hydrogen) atoms. The molecule has 1 fully saturated rings. The Morgan fingerprint density at radius 2 is 2.03 bits per heavy atom. The van der Waals surface area contributed by atoms with E-state index in [9.17, 15) is 13.6 Å². The molecule has 4 rings (SSSR count). The summed E-state index contributed by atoms with van der Waals surface area (Å²) in [6, 6.07) is 8.64. The number of pyridine rings is 1. The normalized spacial score (nSPS) is 19.2. The molecule has 1 amide bonds. The zero-order chi connectivity index (χ0) is 22.9. The summed E-state index contributed by atoms with van der Waals surface area (Å²) >= 11 is 0. The molecule has 0 bridgehead atoms. The third kappa shape index (κ3) is 4.12. The lowest BCUT2D eigenvalue weighted by atomic mass is 9.93. The average molecular weight is 435 g/mol. The first kappa shape index (κ1) is 21.3. The lowest BCUT2D eigenvalue weighted by Gasteiger charge is -2.20. The average Bonchev–Trinajstić information content (AvgIpc) is 3.51. The van der Waals surface area contributed by atoms with Crippen molar-refractivity contribution in [3.63, 3.8) is 0 Å². The summed E-state index contributed by atoms with van der Waals surface area (Å²) in [4.78, 5) is 25.4. The third-order valence-corrected chi connectivity index (χ3v) is 5.57. The first-order chi connectivity index (χ1) is 15.3. The highest BCUT2D eigenvalue weighted by Crippen LogP contribution is 2.55. The second kappa shape index (κ2) is 8.30. The highest BCUT2D eigenvalue weighted by atomic mass is 19.2. The molecular formula is C23H19F2N5O2. The number of rotatable bonds is 6. The predicted octanol–water partition coefficient (Wildman–Crippen LogP) is 3.61. The number of ether oxygens (including phenoxy) is 1. The summed E-state index contributed by atoms with van der Waals surface area (Å²) in [5.74, 6) is -1.47. The van der Waals surface area contributed by atoms with Crippen LogP contribution in [0.2, 0.25) is 0 Å². The zero-order valence-electron chi connectivity index (χ0n) is 17.4. The zero-order valence-corrected chi connectivity index (χ0v) is 17.4. The van der Waals surface area contributed by atoms with E-state index >= 15 is 0 Å². The Hall–Kier alpha value is -3.93. The topological polar surface area (TPSA) is 101 Å². The van der Waals surface area contributed by atoms with Gasteiger partial charge in [-0.1, -0.05) is 6.07 Å². The Labute approximate surface area is 183 Å². The van der Waals surface area contributed by atoms with Gasteiger partial charge in [-0.2, -0.15) is 5.26 Å². The minimum atomic E-state index is -0.989. The lowest BCUT2D eigenvalue weighted by molar-refractivity contribution is -0.117. The quantitative estimate of drug-likeness (QED) is 0.635. The number of hydrogen-bond acceptors (Lipinski definition) is 6. The molecule has 0 radical (unpaired) electrons. The van der Waals surface area contributed by atoms with Crippen molar-refractivity contribution >= 4 is 11.7 Å². The first-order valence-corrected chi connectivity index (χ1v) is 9.88. The predicted molar refractivity (Wildman–Crippen MR) is 111 cm³/mol. The van der Waals surface area contributed by atoms with Crippen molar-refractivity contribution in [2.24, 2.45) is 5.92 Å². The maximum atomic E-state index is 14.0. The van der Waals surface area contributed by atoms with E-state index in [0.29, 0.717) is 40.6 Å². The second-order valence-corrected chi connectivity index (χ2v) is 7.73. The summed E-state index contributed by atoms with van der Waals surface area (Å²) in [6.07, 6.45) is 3.29. The Morgan fingerprint density at radius 1 is 1.22 bits per heavy atom. The lowest BCUT2D eigenvalue weighted by Crippen LogP contribution is -2.27. The van der Waals surface area contributed by atoms with Gasteiger partial charge >= 0.3 is 0 Å². The SMILES string of the molecule is Cc1ncc(OC[C@@]2(c3ccc(F)c(F)c3)C[C@H]2C(=O)Nc2ccc(C#N)cn2)c(C)n1. The van der Waals surface area contributed by atoms with Crippen molar-refractivity contribution in [1.82, 2.24) is 15.0 Å². The monoisotopic (exact) mass is 435 g/mol. The molecule has 0 unspecified atom stereocenters. The summed E-state index contributed by atoms with van der Waals surface area (Å²) < 4.78 is 33.4. The van der Waals surface area contributed by atoms with Crippen molar-refractivity contribution in [3.05, 3.63) is 77.0 Å². The summed E-state index contributed by atoms with van der Waals surface area (Å²) in [5, 5.41) is 11.6. The number of halogens is 2. The number of nitrogens with one attached hydrogen (secondary N) is 1. The number of anilines is 1. The fourth-order valence-corrected chi connectivity index (χ4v) is 3.68. The van der Waals surface area contributed by atoms with Crippen LogP contribution < -0.4 is 10.1 Å². The van der Waals surface area contributed by atoms with Crippen LogP contribution in [0.4, 0.5) is 14.6 Å². The van der Waals surface area contributed by atoms with E-state index in [1.165, 1.54) is 18.3 Å². The van der Waals surface area contributed by atoms with E-state index in [0.717, 1.165) is 12.1 Å². The van der Waals surface area contributed by atoms with E-state index in [-0.39, 0.29) is 12.5 Å². The van der Waals surface area contributed by atoms with Crippen molar-refractivity contribution in [2.45, 2.75) is 25.7 Å². The number of hydrogen-bond donors (Lipinski definition) is 1. The van der Waals surface area contributed by atoms with Crippen molar-refractivity contribution in [3.8, 4) is 11.8 Å². The summed E-state index contributed by atoms with van der Waals surface area (Å²) in [5.41, 5.74) is 0.633. The Morgan fingerprint density at radius 3 is 2.69 bits per heavy atom. The highest BCUT2D eigenvalue weighted by Gasteiger charge is 2.60. The minimum Gasteiger partial charge on any atom is -0.489 e. The van der Waals surface area contributed by atoms with Gasteiger partial charge in [0, 0.05) is 11.6 Å². The van der Waals surface area contributed by atoms with Crippen LogP contribution in [-0.2, 0) is 10.2 Å². The molecule has 0 saturated heterocycles. The second-order valence-electron chi connectivity index (χ2n) is 7.73. The Bertz CT molecular complexity index is 1230. The van der Waals surface area contributed by atoms with Crippen molar-refractivity contribution in [2.75, 3.05) is 11.9 Å². The van der Waals surface area contributed by atoms with E-state index in [4.69, 9.17) is 10.00 Å². The van der Waals surface area contributed by atoms with Gasteiger partial charge in [0.05, 0.1) is 30.0 Å². The van der Waals surface area contributed by atoms with Crippen LogP contribution in [0.5, 0.6) is 5.75 Å². The van der Waals surface area contributed by atoms with E-state index in [1.807, 2.05) is 6.07 Å². The number of amides is 1. The highest BCUT2D eigenvalue weighted by molar-refractivity contribution is 5.95. The molecule has 1 saturated carbocycles. The van der Waals surface area contributed by atoms with Gasteiger partial charge in [-0.3, -0.25) is 4.79 Å². The number of carbonyl (C=O) groups excluding carboxylic acids is 1. The van der Waals surface area contributed by atoms with Gasteiger partial charge in [0.25, 0.3) is 0 Å². The largest absolute Gasteiger partial charge is 0.489 e. The van der Waals surface area contributed by atoms with E-state index in [2.05, 4.69) is 20.3 Å². The number of benzene rings is 1. The molecule has 7 nitrogen and oxygen atoms in total. The van der Waals surface area contributed by atoms with E-state index in [1.54, 1.807) is 26.1 Å². The molecule has 2 heterocycles. The minimum absolute atomic E-state index is 0.0597. The molecule has 2 atom stereocenters. The van der Waals surface area contributed by atoms with Gasteiger partial charge in [0.15, 0.2) is 17.4 Å². The molecule has 1 N–H and O–H groups in total. The first-order valence-electron chi connectivity index (χ1n) is 9.88. The molecular weight excluding hydrogens is 416 g/mol. The standard InChI is InChI=1S/C23H19F2N5O2/c1-13-20(11-27-14(2)29-13)32-12-23(16-4-5-18(24)19(25)7-16)8-17(23)22(31)30-21-6-3-15(9-26)10-28-21/h3-7,10-11,17H,8,12H2,1-2H3,(H,28,30,31)/t17-,23+/m0/s1. The van der Waals surface area contributed by atoms with Gasteiger partial charge in [-0.15, -0.1) is 0 Å².